The van der Waals surface area contributed by atoms with Crippen molar-refractivity contribution in [3.8, 4) is 0 Å². The lowest BCUT2D eigenvalue weighted by molar-refractivity contribution is 0.0955. The number of carbonyl (C=O) groups is 1. The monoisotopic (exact) mass is 350 g/mol. The van der Waals surface area contributed by atoms with Crippen molar-refractivity contribution in [3.05, 3.63) is 58.9 Å². The van der Waals surface area contributed by atoms with Crippen LogP contribution in [0, 0.1) is 13.8 Å². The molecule has 0 fully saturated rings. The first kappa shape index (κ1) is 18.1. The van der Waals surface area contributed by atoms with Crippen LogP contribution in [0.5, 0.6) is 0 Å². The molecule has 3 rings (SSSR count). The number of hydrogen-bond donors (Lipinski definition) is 1. The standard InChI is InChI=1S/C21H26N4O/c1-4-5-13-25-20-19(16(3)24-25)18(14-15(2)23-20)21(26)22-12-11-17-9-7-6-8-10-17/h6-10,14H,4-5,11-13H2,1-3H3,(H,22,26). The van der Waals surface area contributed by atoms with Gasteiger partial charge in [0, 0.05) is 18.8 Å². The summed E-state index contributed by atoms with van der Waals surface area (Å²) in [4.78, 5) is 17.4. The van der Waals surface area contributed by atoms with E-state index < -0.39 is 0 Å². The normalized spacial score (nSPS) is 11.0. The van der Waals surface area contributed by atoms with E-state index in [9.17, 15) is 4.79 Å². The van der Waals surface area contributed by atoms with Gasteiger partial charge in [0.1, 0.15) is 0 Å². The number of unbranched alkanes of at least 4 members (excludes halogenated alkanes) is 1. The highest BCUT2D eigenvalue weighted by atomic mass is 16.1. The number of nitrogens with zero attached hydrogens (tertiary/aromatic N) is 3. The number of aryl methyl sites for hydroxylation is 3. The fourth-order valence-corrected chi connectivity index (χ4v) is 3.18. The number of pyridine rings is 1. The van der Waals surface area contributed by atoms with Crippen molar-refractivity contribution in [3.63, 3.8) is 0 Å². The van der Waals surface area contributed by atoms with Gasteiger partial charge in [0.15, 0.2) is 5.65 Å². The molecule has 0 radical (unpaired) electrons. The van der Waals surface area contributed by atoms with E-state index in [1.54, 1.807) is 0 Å². The van der Waals surface area contributed by atoms with Crippen LogP contribution < -0.4 is 5.32 Å². The molecule has 136 valence electrons. The van der Waals surface area contributed by atoms with E-state index in [2.05, 4.69) is 34.5 Å². The Kier molecular flexibility index (Phi) is 5.66. The molecule has 0 spiro atoms. The second-order valence-corrected chi connectivity index (χ2v) is 6.66. The summed E-state index contributed by atoms with van der Waals surface area (Å²) in [6.45, 7) is 7.46. The molecule has 0 atom stereocenters. The van der Waals surface area contributed by atoms with E-state index in [-0.39, 0.29) is 5.91 Å². The number of aromatic nitrogens is 3. The Morgan fingerprint density at radius 2 is 1.96 bits per heavy atom. The predicted octanol–water partition coefficient (Wildman–Crippen LogP) is 3.82. The Labute approximate surface area is 154 Å². The van der Waals surface area contributed by atoms with Gasteiger partial charge in [0.25, 0.3) is 5.91 Å². The minimum absolute atomic E-state index is 0.0606. The average Bonchev–Trinajstić information content (AvgIpc) is 2.95. The van der Waals surface area contributed by atoms with Crippen LogP contribution in [0.15, 0.2) is 36.4 Å². The first-order valence-corrected chi connectivity index (χ1v) is 9.27. The quantitative estimate of drug-likeness (QED) is 0.705. The first-order chi connectivity index (χ1) is 12.6. The van der Waals surface area contributed by atoms with Crippen LogP contribution >= 0.6 is 0 Å². The summed E-state index contributed by atoms with van der Waals surface area (Å²) < 4.78 is 1.93. The van der Waals surface area contributed by atoms with E-state index in [4.69, 9.17) is 0 Å². The fraction of sp³-hybridized carbons (Fsp3) is 0.381. The number of hydrogen-bond acceptors (Lipinski definition) is 3. The molecule has 1 N–H and O–H groups in total. The number of rotatable bonds is 7. The van der Waals surface area contributed by atoms with Gasteiger partial charge in [-0.1, -0.05) is 43.7 Å². The molecule has 5 heteroatoms. The molecule has 2 aromatic heterocycles. The van der Waals surface area contributed by atoms with Crippen LogP contribution in [0.3, 0.4) is 0 Å². The third kappa shape index (κ3) is 3.93. The van der Waals surface area contributed by atoms with Gasteiger partial charge < -0.3 is 5.32 Å². The van der Waals surface area contributed by atoms with Gasteiger partial charge in [0.2, 0.25) is 0 Å². The summed E-state index contributed by atoms with van der Waals surface area (Å²) in [6.07, 6.45) is 2.96. The lowest BCUT2D eigenvalue weighted by Crippen LogP contribution is -2.26. The molecule has 5 nitrogen and oxygen atoms in total. The number of carbonyl (C=O) groups excluding carboxylic acids is 1. The van der Waals surface area contributed by atoms with Gasteiger partial charge in [-0.15, -0.1) is 0 Å². The summed E-state index contributed by atoms with van der Waals surface area (Å²) in [6, 6.07) is 12.0. The highest BCUT2D eigenvalue weighted by molar-refractivity contribution is 6.06. The lowest BCUT2D eigenvalue weighted by atomic mass is 10.1. The summed E-state index contributed by atoms with van der Waals surface area (Å²) >= 11 is 0. The molecule has 3 aromatic rings. The molecular formula is C21H26N4O. The van der Waals surface area contributed by atoms with Crippen molar-refractivity contribution in [2.24, 2.45) is 0 Å². The maximum Gasteiger partial charge on any atom is 0.252 e. The Bertz CT molecular complexity index is 899. The zero-order valence-electron chi connectivity index (χ0n) is 15.7. The largest absolute Gasteiger partial charge is 0.352 e. The zero-order chi connectivity index (χ0) is 18.5. The van der Waals surface area contributed by atoms with E-state index >= 15 is 0 Å². The third-order valence-corrected chi connectivity index (χ3v) is 4.52. The van der Waals surface area contributed by atoms with Gasteiger partial charge >= 0.3 is 0 Å². The van der Waals surface area contributed by atoms with Crippen LogP contribution in [-0.4, -0.2) is 27.2 Å². The molecule has 26 heavy (non-hydrogen) atoms. The predicted molar refractivity (Wildman–Crippen MR) is 104 cm³/mol. The number of amides is 1. The van der Waals surface area contributed by atoms with Crippen molar-refractivity contribution in [1.29, 1.82) is 0 Å². The molecule has 1 aromatic carbocycles. The maximum absolute atomic E-state index is 12.8. The molecule has 0 bridgehead atoms. The van der Waals surface area contributed by atoms with Crippen molar-refractivity contribution in [1.82, 2.24) is 20.1 Å². The second kappa shape index (κ2) is 8.13. The van der Waals surface area contributed by atoms with Gasteiger partial charge in [-0.25, -0.2) is 9.67 Å². The third-order valence-electron chi connectivity index (χ3n) is 4.52. The van der Waals surface area contributed by atoms with Crippen molar-refractivity contribution in [2.45, 2.75) is 46.6 Å². The first-order valence-electron chi connectivity index (χ1n) is 9.27. The van der Waals surface area contributed by atoms with Crippen molar-refractivity contribution in [2.75, 3.05) is 6.54 Å². The van der Waals surface area contributed by atoms with Gasteiger partial charge in [-0.3, -0.25) is 4.79 Å². The van der Waals surface area contributed by atoms with E-state index in [1.807, 2.05) is 42.8 Å². The molecular weight excluding hydrogens is 324 g/mol. The van der Waals surface area contributed by atoms with Crippen LogP contribution in [0.25, 0.3) is 11.0 Å². The summed E-state index contributed by atoms with van der Waals surface area (Å²) in [5.74, 6) is -0.0606. The lowest BCUT2D eigenvalue weighted by Gasteiger charge is -2.08. The number of fused-ring (bicyclic) bond motifs is 1. The van der Waals surface area contributed by atoms with Crippen LogP contribution in [0.1, 0.15) is 47.1 Å². The topological polar surface area (TPSA) is 59.8 Å². The average molecular weight is 350 g/mol. The highest BCUT2D eigenvalue weighted by Crippen LogP contribution is 2.22. The fourth-order valence-electron chi connectivity index (χ4n) is 3.18. The molecule has 0 aliphatic rings. The minimum atomic E-state index is -0.0606. The number of benzene rings is 1. The van der Waals surface area contributed by atoms with Crippen LogP contribution in [-0.2, 0) is 13.0 Å². The summed E-state index contributed by atoms with van der Waals surface area (Å²) in [7, 11) is 0. The molecule has 0 aliphatic heterocycles. The molecule has 0 aliphatic carbocycles. The summed E-state index contributed by atoms with van der Waals surface area (Å²) in [5, 5.41) is 8.52. The number of nitrogens with one attached hydrogen (secondary N) is 1. The highest BCUT2D eigenvalue weighted by Gasteiger charge is 2.18. The SMILES string of the molecule is CCCCn1nc(C)c2c(C(=O)NCCc3ccccc3)cc(C)nc21. The Morgan fingerprint density at radius 3 is 2.69 bits per heavy atom. The van der Waals surface area contributed by atoms with Crippen LogP contribution in [0.4, 0.5) is 0 Å². The Hall–Kier alpha value is -2.69. The molecule has 2 heterocycles. The zero-order valence-corrected chi connectivity index (χ0v) is 15.7. The molecule has 0 saturated carbocycles. The summed E-state index contributed by atoms with van der Waals surface area (Å²) in [5.41, 5.74) is 4.39. The van der Waals surface area contributed by atoms with E-state index in [1.165, 1.54) is 5.56 Å². The van der Waals surface area contributed by atoms with Gasteiger partial charge in [0.05, 0.1) is 16.6 Å². The molecule has 0 unspecified atom stereocenters. The smallest absolute Gasteiger partial charge is 0.252 e. The van der Waals surface area contributed by atoms with Crippen molar-refractivity contribution < 1.29 is 4.79 Å². The molecule has 0 saturated heterocycles. The van der Waals surface area contributed by atoms with E-state index in [0.29, 0.717) is 12.1 Å². The Balaban J connectivity index is 1.82. The minimum Gasteiger partial charge on any atom is -0.352 e. The van der Waals surface area contributed by atoms with E-state index in [0.717, 1.165) is 48.2 Å². The second-order valence-electron chi connectivity index (χ2n) is 6.66. The van der Waals surface area contributed by atoms with Crippen molar-refractivity contribution >= 4 is 16.9 Å². The maximum atomic E-state index is 12.8. The molecule has 1 amide bonds. The van der Waals surface area contributed by atoms with Gasteiger partial charge in [-0.2, -0.15) is 5.10 Å². The van der Waals surface area contributed by atoms with Crippen LogP contribution in [0.2, 0.25) is 0 Å². The Morgan fingerprint density at radius 1 is 1.19 bits per heavy atom. The van der Waals surface area contributed by atoms with Gasteiger partial charge in [-0.05, 0) is 38.3 Å².